The summed E-state index contributed by atoms with van der Waals surface area (Å²) in [6.45, 7) is 9.53. The largest absolute Gasteiger partial charge is 0.342 e. The van der Waals surface area contributed by atoms with Crippen LogP contribution in [0.1, 0.15) is 39.5 Å². The van der Waals surface area contributed by atoms with E-state index in [0.29, 0.717) is 19.0 Å². The van der Waals surface area contributed by atoms with E-state index in [1.165, 1.54) is 0 Å². The minimum absolute atomic E-state index is 0.0615. The molecule has 0 bridgehead atoms. The van der Waals surface area contributed by atoms with E-state index in [2.05, 4.69) is 18.7 Å². The van der Waals surface area contributed by atoms with Crippen LogP contribution in [0.5, 0.6) is 0 Å². The van der Waals surface area contributed by atoms with Crippen LogP contribution < -0.4 is 5.73 Å². The van der Waals surface area contributed by atoms with Crippen LogP contribution in [0, 0.1) is 5.92 Å². The van der Waals surface area contributed by atoms with Crippen LogP contribution in [0.4, 0.5) is 0 Å². The summed E-state index contributed by atoms with van der Waals surface area (Å²) in [6, 6.07) is -0.396. The van der Waals surface area contributed by atoms with Crippen molar-refractivity contribution in [2.75, 3.05) is 45.8 Å². The highest BCUT2D eigenvalue weighted by Gasteiger charge is 2.26. The Labute approximate surface area is 140 Å². The Balaban J connectivity index is 1.79. The molecule has 0 aromatic rings. The number of hydrogen-bond donors (Lipinski definition) is 1. The Morgan fingerprint density at radius 2 is 1.57 bits per heavy atom. The topological polar surface area (TPSA) is 69.9 Å². The van der Waals surface area contributed by atoms with Gasteiger partial charge in [0.15, 0.2) is 0 Å². The van der Waals surface area contributed by atoms with Gasteiger partial charge in [0.05, 0.1) is 12.6 Å². The summed E-state index contributed by atoms with van der Waals surface area (Å²) in [5.74, 6) is 0.723. The van der Waals surface area contributed by atoms with Gasteiger partial charge in [-0.25, -0.2) is 0 Å². The SMILES string of the molecule is CC(C)C[C@H](N)C(=O)N1CCCN(CC(=O)N2CCCC2)CC1. The minimum Gasteiger partial charge on any atom is -0.342 e. The second-order valence-electron chi connectivity index (χ2n) is 7.28. The summed E-state index contributed by atoms with van der Waals surface area (Å²) in [5.41, 5.74) is 6.03. The molecule has 2 saturated heterocycles. The van der Waals surface area contributed by atoms with E-state index >= 15 is 0 Å². The van der Waals surface area contributed by atoms with Gasteiger partial charge < -0.3 is 15.5 Å². The summed E-state index contributed by atoms with van der Waals surface area (Å²) in [6.07, 6.45) is 3.89. The molecular weight excluding hydrogens is 292 g/mol. The number of hydrogen-bond acceptors (Lipinski definition) is 4. The van der Waals surface area contributed by atoms with Crippen LogP contribution in [0.15, 0.2) is 0 Å². The molecule has 2 amide bonds. The van der Waals surface area contributed by atoms with Gasteiger partial charge in [-0.05, 0) is 31.6 Å². The zero-order valence-corrected chi connectivity index (χ0v) is 14.7. The molecule has 23 heavy (non-hydrogen) atoms. The van der Waals surface area contributed by atoms with Gasteiger partial charge in [-0.15, -0.1) is 0 Å². The van der Waals surface area contributed by atoms with Crippen molar-refractivity contribution in [2.45, 2.75) is 45.6 Å². The van der Waals surface area contributed by atoms with Crippen molar-refractivity contribution >= 4 is 11.8 Å². The van der Waals surface area contributed by atoms with Gasteiger partial charge >= 0.3 is 0 Å². The molecule has 0 saturated carbocycles. The molecule has 0 aliphatic carbocycles. The van der Waals surface area contributed by atoms with Crippen molar-refractivity contribution in [3.05, 3.63) is 0 Å². The molecular formula is C17H32N4O2. The molecule has 0 aromatic carbocycles. The number of rotatable bonds is 5. The predicted octanol–water partition coefficient (Wildman–Crippen LogP) is 0.517. The molecule has 0 radical (unpaired) electrons. The van der Waals surface area contributed by atoms with Gasteiger partial charge in [0, 0.05) is 39.3 Å². The van der Waals surface area contributed by atoms with Gasteiger partial charge in [-0.3, -0.25) is 14.5 Å². The number of likely N-dealkylation sites (tertiary alicyclic amines) is 1. The zero-order chi connectivity index (χ0) is 16.8. The number of carbonyl (C=O) groups excluding carboxylic acids is 2. The summed E-state index contributed by atoms with van der Waals surface area (Å²) in [4.78, 5) is 30.7. The molecule has 6 heteroatoms. The molecule has 2 N–H and O–H groups in total. The van der Waals surface area contributed by atoms with Crippen LogP contribution >= 0.6 is 0 Å². The van der Waals surface area contributed by atoms with E-state index in [0.717, 1.165) is 58.4 Å². The molecule has 2 aliphatic rings. The third kappa shape index (κ3) is 5.46. The zero-order valence-electron chi connectivity index (χ0n) is 14.7. The third-order valence-electron chi connectivity index (χ3n) is 4.76. The fraction of sp³-hybridized carbons (Fsp3) is 0.882. The lowest BCUT2D eigenvalue weighted by Crippen LogP contribution is -2.46. The summed E-state index contributed by atoms with van der Waals surface area (Å²) < 4.78 is 0. The van der Waals surface area contributed by atoms with Crippen molar-refractivity contribution in [3.63, 3.8) is 0 Å². The lowest BCUT2D eigenvalue weighted by Gasteiger charge is -2.26. The van der Waals surface area contributed by atoms with E-state index in [9.17, 15) is 9.59 Å². The maximum absolute atomic E-state index is 12.4. The number of nitrogens with zero attached hydrogens (tertiary/aromatic N) is 3. The number of nitrogens with two attached hydrogens (primary N) is 1. The van der Waals surface area contributed by atoms with Crippen LogP contribution in [0.2, 0.25) is 0 Å². The lowest BCUT2D eigenvalue weighted by molar-refractivity contribution is -0.132. The molecule has 1 atom stereocenters. The standard InChI is InChI=1S/C17H32N4O2/c1-14(2)12-15(18)17(23)21-9-5-6-19(10-11-21)13-16(22)20-7-3-4-8-20/h14-15H,3-13,18H2,1-2H3/t15-/m0/s1. The highest BCUT2D eigenvalue weighted by atomic mass is 16.2. The number of carbonyl (C=O) groups is 2. The molecule has 0 aromatic heterocycles. The summed E-state index contributed by atoms with van der Waals surface area (Å²) in [7, 11) is 0. The van der Waals surface area contributed by atoms with Crippen molar-refractivity contribution < 1.29 is 9.59 Å². The first-order valence-corrected chi connectivity index (χ1v) is 9.02. The Bertz CT molecular complexity index is 407. The first kappa shape index (κ1) is 18.2. The van der Waals surface area contributed by atoms with Crippen LogP contribution in [-0.4, -0.2) is 78.4 Å². The predicted molar refractivity (Wildman–Crippen MR) is 90.9 cm³/mol. The number of amides is 2. The van der Waals surface area contributed by atoms with E-state index in [1.807, 2.05) is 9.80 Å². The first-order valence-electron chi connectivity index (χ1n) is 9.02. The molecule has 6 nitrogen and oxygen atoms in total. The van der Waals surface area contributed by atoms with Crippen molar-refractivity contribution in [2.24, 2.45) is 11.7 Å². The van der Waals surface area contributed by atoms with E-state index in [-0.39, 0.29) is 11.8 Å². The van der Waals surface area contributed by atoms with Crippen LogP contribution in [0.3, 0.4) is 0 Å². The van der Waals surface area contributed by atoms with Gasteiger partial charge in [0.1, 0.15) is 0 Å². The Hall–Kier alpha value is -1.14. The first-order chi connectivity index (χ1) is 11.0. The van der Waals surface area contributed by atoms with Gasteiger partial charge in [-0.1, -0.05) is 13.8 Å². The molecule has 2 heterocycles. The maximum atomic E-state index is 12.4. The Kier molecular flexibility index (Phi) is 6.84. The van der Waals surface area contributed by atoms with E-state index in [1.54, 1.807) is 0 Å². The smallest absolute Gasteiger partial charge is 0.239 e. The molecule has 2 rings (SSSR count). The third-order valence-corrected chi connectivity index (χ3v) is 4.76. The van der Waals surface area contributed by atoms with Gasteiger partial charge in [-0.2, -0.15) is 0 Å². The average molecular weight is 324 g/mol. The van der Waals surface area contributed by atoms with Crippen molar-refractivity contribution in [1.82, 2.24) is 14.7 Å². The normalized spacial score (nSPS) is 21.6. The fourth-order valence-electron chi connectivity index (χ4n) is 3.45. The highest BCUT2D eigenvalue weighted by molar-refractivity contribution is 5.81. The fourth-order valence-corrected chi connectivity index (χ4v) is 3.45. The van der Waals surface area contributed by atoms with E-state index < -0.39 is 6.04 Å². The van der Waals surface area contributed by atoms with Gasteiger partial charge in [0.25, 0.3) is 0 Å². The average Bonchev–Trinajstić information content (AvgIpc) is 2.94. The molecule has 132 valence electrons. The summed E-state index contributed by atoms with van der Waals surface area (Å²) >= 11 is 0. The van der Waals surface area contributed by atoms with Crippen LogP contribution in [-0.2, 0) is 9.59 Å². The Morgan fingerprint density at radius 3 is 2.22 bits per heavy atom. The quantitative estimate of drug-likeness (QED) is 0.800. The maximum Gasteiger partial charge on any atom is 0.239 e. The highest BCUT2D eigenvalue weighted by Crippen LogP contribution is 2.11. The van der Waals surface area contributed by atoms with E-state index in [4.69, 9.17) is 5.73 Å². The van der Waals surface area contributed by atoms with Crippen molar-refractivity contribution in [1.29, 1.82) is 0 Å². The lowest BCUT2D eigenvalue weighted by atomic mass is 10.0. The second kappa shape index (κ2) is 8.64. The molecule has 2 aliphatic heterocycles. The molecule has 2 fully saturated rings. The monoisotopic (exact) mass is 324 g/mol. The van der Waals surface area contributed by atoms with Gasteiger partial charge in [0.2, 0.25) is 11.8 Å². The Morgan fingerprint density at radius 1 is 0.913 bits per heavy atom. The summed E-state index contributed by atoms with van der Waals surface area (Å²) in [5, 5.41) is 0. The molecule has 0 spiro atoms. The second-order valence-corrected chi connectivity index (χ2v) is 7.28. The minimum atomic E-state index is -0.396. The van der Waals surface area contributed by atoms with Crippen molar-refractivity contribution in [3.8, 4) is 0 Å². The molecule has 0 unspecified atom stereocenters. The van der Waals surface area contributed by atoms with Crippen LogP contribution in [0.25, 0.3) is 0 Å².